The monoisotopic (exact) mass is 336 g/mol. The highest BCUT2D eigenvalue weighted by Crippen LogP contribution is 2.42. The number of carbonyl (C=O) groups excluding carboxylic acids is 1. The SMILES string of the molecule is CC1=C(CCCCCCCCCCCCCCO)C(C)(C)CC1=O. The summed E-state index contributed by atoms with van der Waals surface area (Å²) in [6.07, 6.45) is 17.4. The highest BCUT2D eigenvalue weighted by molar-refractivity contribution is 5.99. The number of ketones is 1. The van der Waals surface area contributed by atoms with Crippen molar-refractivity contribution < 1.29 is 9.90 Å². The molecule has 0 saturated carbocycles. The van der Waals surface area contributed by atoms with Gasteiger partial charge in [-0.2, -0.15) is 0 Å². The number of allylic oxidation sites excluding steroid dienone is 2. The number of aliphatic hydroxyl groups excluding tert-OH is 1. The Morgan fingerprint density at radius 1 is 0.792 bits per heavy atom. The van der Waals surface area contributed by atoms with Gasteiger partial charge in [-0.05, 0) is 37.2 Å². The van der Waals surface area contributed by atoms with E-state index in [9.17, 15) is 4.79 Å². The van der Waals surface area contributed by atoms with E-state index < -0.39 is 0 Å². The summed E-state index contributed by atoms with van der Waals surface area (Å²) in [5, 5.41) is 8.72. The van der Waals surface area contributed by atoms with Crippen LogP contribution in [-0.2, 0) is 4.79 Å². The summed E-state index contributed by atoms with van der Waals surface area (Å²) in [5.74, 6) is 0.367. The van der Waals surface area contributed by atoms with Crippen molar-refractivity contribution in [1.29, 1.82) is 0 Å². The maximum absolute atomic E-state index is 11.9. The van der Waals surface area contributed by atoms with Crippen LogP contribution in [0.5, 0.6) is 0 Å². The van der Waals surface area contributed by atoms with Gasteiger partial charge in [0.2, 0.25) is 0 Å². The van der Waals surface area contributed by atoms with Gasteiger partial charge in [0.25, 0.3) is 0 Å². The van der Waals surface area contributed by atoms with E-state index in [4.69, 9.17) is 5.11 Å². The van der Waals surface area contributed by atoms with Crippen LogP contribution in [0.4, 0.5) is 0 Å². The predicted octanol–water partition coefficient (Wildman–Crippen LogP) is 6.37. The van der Waals surface area contributed by atoms with Gasteiger partial charge in [-0.1, -0.05) is 83.6 Å². The minimum absolute atomic E-state index is 0.109. The van der Waals surface area contributed by atoms with Crippen LogP contribution >= 0.6 is 0 Å². The van der Waals surface area contributed by atoms with Gasteiger partial charge in [-0.3, -0.25) is 4.79 Å². The molecule has 0 saturated heterocycles. The van der Waals surface area contributed by atoms with E-state index in [0.717, 1.165) is 18.4 Å². The molecule has 0 aromatic rings. The highest BCUT2D eigenvalue weighted by Gasteiger charge is 2.35. The molecule has 0 fully saturated rings. The number of hydrogen-bond acceptors (Lipinski definition) is 2. The molecule has 0 heterocycles. The lowest BCUT2D eigenvalue weighted by molar-refractivity contribution is -0.115. The molecule has 0 unspecified atom stereocenters. The topological polar surface area (TPSA) is 37.3 Å². The van der Waals surface area contributed by atoms with E-state index >= 15 is 0 Å². The Hall–Kier alpha value is -0.630. The molecule has 1 aliphatic rings. The summed E-state index contributed by atoms with van der Waals surface area (Å²) in [6.45, 7) is 6.82. The van der Waals surface area contributed by atoms with E-state index in [2.05, 4.69) is 13.8 Å². The largest absolute Gasteiger partial charge is 0.396 e. The van der Waals surface area contributed by atoms with Crippen LogP contribution < -0.4 is 0 Å². The summed E-state index contributed by atoms with van der Waals surface area (Å²) in [4.78, 5) is 11.9. The molecule has 0 radical (unpaired) electrons. The first-order valence-electron chi connectivity index (χ1n) is 10.3. The lowest BCUT2D eigenvalue weighted by Crippen LogP contribution is -2.11. The van der Waals surface area contributed by atoms with Crippen LogP contribution in [0.3, 0.4) is 0 Å². The van der Waals surface area contributed by atoms with Crippen molar-refractivity contribution >= 4 is 5.78 Å². The van der Waals surface area contributed by atoms with Crippen molar-refractivity contribution in [3.8, 4) is 0 Å². The molecule has 0 atom stereocenters. The first kappa shape index (κ1) is 21.4. The predicted molar refractivity (Wildman–Crippen MR) is 103 cm³/mol. The van der Waals surface area contributed by atoms with Gasteiger partial charge in [0.15, 0.2) is 5.78 Å². The van der Waals surface area contributed by atoms with Crippen LogP contribution in [0.25, 0.3) is 0 Å². The van der Waals surface area contributed by atoms with Gasteiger partial charge in [0.1, 0.15) is 0 Å². The first-order valence-corrected chi connectivity index (χ1v) is 10.3. The zero-order valence-electron chi connectivity index (χ0n) is 16.5. The molecular formula is C22H40O2. The van der Waals surface area contributed by atoms with E-state index in [1.807, 2.05) is 6.92 Å². The second-order valence-corrected chi connectivity index (χ2v) is 8.30. The second kappa shape index (κ2) is 11.8. The normalized spacial score (nSPS) is 17.1. The Balaban J connectivity index is 1.93. The molecule has 1 N–H and O–H groups in total. The summed E-state index contributed by atoms with van der Waals surface area (Å²) in [5.41, 5.74) is 2.59. The molecule has 2 nitrogen and oxygen atoms in total. The summed E-state index contributed by atoms with van der Waals surface area (Å²) in [6, 6.07) is 0. The number of carbonyl (C=O) groups is 1. The smallest absolute Gasteiger partial charge is 0.159 e. The van der Waals surface area contributed by atoms with E-state index in [1.54, 1.807) is 0 Å². The first-order chi connectivity index (χ1) is 11.5. The lowest BCUT2D eigenvalue weighted by Gasteiger charge is -2.22. The van der Waals surface area contributed by atoms with Crippen molar-refractivity contribution in [3.05, 3.63) is 11.1 Å². The van der Waals surface area contributed by atoms with Gasteiger partial charge in [-0.25, -0.2) is 0 Å². The Morgan fingerprint density at radius 3 is 1.58 bits per heavy atom. The number of aliphatic hydroxyl groups is 1. The third kappa shape index (κ3) is 7.96. The third-order valence-corrected chi connectivity index (χ3v) is 5.63. The fourth-order valence-corrected chi connectivity index (χ4v) is 4.02. The number of hydrogen-bond donors (Lipinski definition) is 1. The van der Waals surface area contributed by atoms with E-state index in [-0.39, 0.29) is 5.41 Å². The van der Waals surface area contributed by atoms with Gasteiger partial charge >= 0.3 is 0 Å². The van der Waals surface area contributed by atoms with Crippen molar-refractivity contribution in [1.82, 2.24) is 0 Å². The minimum atomic E-state index is 0.109. The third-order valence-electron chi connectivity index (χ3n) is 5.63. The maximum atomic E-state index is 11.9. The zero-order valence-corrected chi connectivity index (χ0v) is 16.5. The number of rotatable bonds is 14. The molecule has 24 heavy (non-hydrogen) atoms. The van der Waals surface area contributed by atoms with Gasteiger partial charge in [-0.15, -0.1) is 0 Å². The van der Waals surface area contributed by atoms with Crippen LogP contribution in [-0.4, -0.2) is 17.5 Å². The Morgan fingerprint density at radius 2 is 1.21 bits per heavy atom. The molecule has 0 aliphatic heterocycles. The van der Waals surface area contributed by atoms with Crippen molar-refractivity contribution in [3.63, 3.8) is 0 Å². The molecule has 0 bridgehead atoms. The van der Waals surface area contributed by atoms with Crippen molar-refractivity contribution in [2.45, 2.75) is 111 Å². The lowest BCUT2D eigenvalue weighted by atomic mass is 9.82. The fraction of sp³-hybridized carbons (Fsp3) is 0.864. The van der Waals surface area contributed by atoms with Crippen molar-refractivity contribution in [2.24, 2.45) is 5.41 Å². The Kier molecular flexibility index (Phi) is 10.6. The van der Waals surface area contributed by atoms with Crippen molar-refractivity contribution in [2.75, 3.05) is 6.61 Å². The summed E-state index contributed by atoms with van der Waals surface area (Å²) >= 11 is 0. The van der Waals surface area contributed by atoms with Gasteiger partial charge in [0.05, 0.1) is 0 Å². The molecule has 0 aromatic heterocycles. The Labute approximate surface area is 150 Å². The van der Waals surface area contributed by atoms with Crippen LogP contribution in [0.15, 0.2) is 11.1 Å². The zero-order chi connectivity index (χ0) is 17.8. The van der Waals surface area contributed by atoms with Gasteiger partial charge in [0, 0.05) is 13.0 Å². The fourth-order valence-electron chi connectivity index (χ4n) is 4.02. The molecule has 140 valence electrons. The Bertz CT molecular complexity index is 393. The molecule has 0 amide bonds. The average molecular weight is 337 g/mol. The number of Topliss-reactive ketones (excluding diaryl/α,β-unsaturated/α-hetero) is 1. The van der Waals surface area contributed by atoms with Crippen LogP contribution in [0, 0.1) is 5.41 Å². The molecule has 0 spiro atoms. The van der Waals surface area contributed by atoms with Crippen LogP contribution in [0.1, 0.15) is 111 Å². The van der Waals surface area contributed by atoms with Crippen LogP contribution in [0.2, 0.25) is 0 Å². The molecule has 0 aromatic carbocycles. The highest BCUT2D eigenvalue weighted by atomic mass is 16.2. The quantitative estimate of drug-likeness (QED) is 0.374. The summed E-state index contributed by atoms with van der Waals surface area (Å²) in [7, 11) is 0. The minimum Gasteiger partial charge on any atom is -0.396 e. The summed E-state index contributed by atoms with van der Waals surface area (Å²) < 4.78 is 0. The maximum Gasteiger partial charge on any atom is 0.159 e. The standard InChI is InChI=1S/C22H40O2/c1-19-20(22(2,3)18-21(19)24)16-14-12-10-8-6-4-5-7-9-11-13-15-17-23/h23H,4-18H2,1-3H3. The molecule has 1 aliphatic carbocycles. The second-order valence-electron chi connectivity index (χ2n) is 8.30. The average Bonchev–Trinajstić information content (AvgIpc) is 2.73. The molecular weight excluding hydrogens is 296 g/mol. The van der Waals surface area contributed by atoms with E-state index in [0.29, 0.717) is 18.8 Å². The van der Waals surface area contributed by atoms with Gasteiger partial charge < -0.3 is 5.11 Å². The molecule has 2 heteroatoms. The number of unbranched alkanes of at least 4 members (excludes halogenated alkanes) is 11. The molecule has 1 rings (SSSR count). The van der Waals surface area contributed by atoms with E-state index in [1.165, 1.54) is 76.2 Å².